The monoisotopic (exact) mass is 516 g/mol. The number of unbranched alkanes of at least 4 members (excludes halogenated alkanes) is 2. The van der Waals surface area contributed by atoms with E-state index in [0.717, 1.165) is 0 Å². The number of primary amides is 2. The average molecular weight is 517 g/mol. The molecule has 4 atom stereocenters. The second-order valence-corrected chi connectivity index (χ2v) is 8.37. The number of carbonyl (C=O) groups excluding carboxylic acids is 5. The minimum atomic E-state index is -1.58. The predicted molar refractivity (Wildman–Crippen MR) is 129 cm³/mol. The van der Waals surface area contributed by atoms with Crippen molar-refractivity contribution in [2.45, 2.75) is 82.0 Å². The van der Waals surface area contributed by atoms with Crippen LogP contribution in [0.25, 0.3) is 0 Å². The average Bonchev–Trinajstić information content (AvgIpc) is 2.80. The molecule has 0 spiro atoms. The standard InChI is InChI=1S/C21H40N8O7/c22-9-3-1-5-13(27-18(32)12(24)7-8-16(25)30)19(33)28-14(6-2-4-10-23)20(34)29-15(21(35)36)11-17(26)31/h12-15H,1-11,22-24H2,(H2,25,30)(H2,26,31)(H,27,32)(H,28,33)(H,29,34)(H,35,36). The molecule has 0 heterocycles. The Morgan fingerprint density at radius 2 is 1.08 bits per heavy atom. The molecular formula is C21H40N8O7. The fourth-order valence-electron chi connectivity index (χ4n) is 3.18. The first-order chi connectivity index (χ1) is 16.9. The number of nitrogens with two attached hydrogens (primary N) is 5. The highest BCUT2D eigenvalue weighted by molar-refractivity contribution is 5.95. The second kappa shape index (κ2) is 18.0. The lowest BCUT2D eigenvalue weighted by molar-refractivity contribution is -0.143. The molecule has 15 nitrogen and oxygen atoms in total. The molecule has 0 aromatic rings. The molecule has 36 heavy (non-hydrogen) atoms. The minimum Gasteiger partial charge on any atom is -0.480 e. The van der Waals surface area contributed by atoms with Crippen LogP contribution in [0, 0.1) is 0 Å². The second-order valence-electron chi connectivity index (χ2n) is 8.37. The van der Waals surface area contributed by atoms with E-state index in [1.807, 2.05) is 0 Å². The molecule has 0 aromatic carbocycles. The fourth-order valence-corrected chi connectivity index (χ4v) is 3.18. The van der Waals surface area contributed by atoms with Crippen LogP contribution in [0.5, 0.6) is 0 Å². The van der Waals surface area contributed by atoms with Gasteiger partial charge in [-0.2, -0.15) is 0 Å². The minimum absolute atomic E-state index is 0.0150. The van der Waals surface area contributed by atoms with Crippen LogP contribution in [0.3, 0.4) is 0 Å². The summed E-state index contributed by atoms with van der Waals surface area (Å²) in [5, 5.41) is 16.5. The van der Waals surface area contributed by atoms with Gasteiger partial charge in [-0.1, -0.05) is 0 Å². The molecule has 0 aliphatic heterocycles. The topological polar surface area (TPSA) is 289 Å². The largest absolute Gasteiger partial charge is 0.480 e. The first-order valence-corrected chi connectivity index (χ1v) is 11.8. The number of carboxylic acids is 1. The highest BCUT2D eigenvalue weighted by Crippen LogP contribution is 2.07. The van der Waals surface area contributed by atoms with E-state index in [-0.39, 0.29) is 25.7 Å². The van der Waals surface area contributed by atoms with Crippen LogP contribution in [-0.4, -0.2) is 77.9 Å². The van der Waals surface area contributed by atoms with Crippen LogP contribution in [0.4, 0.5) is 0 Å². The van der Waals surface area contributed by atoms with Crippen LogP contribution in [0.15, 0.2) is 0 Å². The summed E-state index contributed by atoms with van der Waals surface area (Å²) in [7, 11) is 0. The Kier molecular flexibility index (Phi) is 16.4. The van der Waals surface area contributed by atoms with Gasteiger partial charge in [-0.05, 0) is 58.0 Å². The summed E-state index contributed by atoms with van der Waals surface area (Å²) in [6.45, 7) is 0.698. The number of carboxylic acid groups (broad SMARTS) is 1. The summed E-state index contributed by atoms with van der Waals surface area (Å²) >= 11 is 0. The number of hydrogen-bond acceptors (Lipinski definition) is 9. The number of rotatable bonds is 20. The van der Waals surface area contributed by atoms with Gasteiger partial charge in [0.1, 0.15) is 18.1 Å². The Labute approximate surface area is 209 Å². The molecule has 0 bridgehead atoms. The Bertz CT molecular complexity index is 765. The first-order valence-electron chi connectivity index (χ1n) is 11.8. The maximum Gasteiger partial charge on any atom is 0.326 e. The number of carbonyl (C=O) groups is 6. The van der Waals surface area contributed by atoms with Gasteiger partial charge in [0, 0.05) is 6.42 Å². The van der Waals surface area contributed by atoms with Gasteiger partial charge in [0.25, 0.3) is 0 Å². The summed E-state index contributed by atoms with van der Waals surface area (Å²) < 4.78 is 0. The molecule has 206 valence electrons. The van der Waals surface area contributed by atoms with E-state index < -0.39 is 66.1 Å². The molecule has 0 saturated carbocycles. The zero-order valence-electron chi connectivity index (χ0n) is 20.4. The van der Waals surface area contributed by atoms with E-state index in [4.69, 9.17) is 28.7 Å². The number of nitrogens with one attached hydrogen (secondary N) is 3. The van der Waals surface area contributed by atoms with E-state index >= 15 is 0 Å². The van der Waals surface area contributed by atoms with Crippen LogP contribution in [0.2, 0.25) is 0 Å². The van der Waals surface area contributed by atoms with E-state index in [0.29, 0.717) is 38.8 Å². The van der Waals surface area contributed by atoms with Crippen molar-refractivity contribution >= 4 is 35.5 Å². The van der Waals surface area contributed by atoms with Gasteiger partial charge in [0.05, 0.1) is 12.5 Å². The highest BCUT2D eigenvalue weighted by atomic mass is 16.4. The van der Waals surface area contributed by atoms with Gasteiger partial charge in [-0.25, -0.2) is 4.79 Å². The van der Waals surface area contributed by atoms with Crippen molar-refractivity contribution in [1.82, 2.24) is 16.0 Å². The van der Waals surface area contributed by atoms with Crippen molar-refractivity contribution < 1.29 is 33.9 Å². The van der Waals surface area contributed by atoms with Crippen molar-refractivity contribution in [3.8, 4) is 0 Å². The quantitative estimate of drug-likeness (QED) is 0.0712. The summed E-state index contributed by atoms with van der Waals surface area (Å²) in [4.78, 5) is 71.8. The number of amides is 5. The molecule has 0 fully saturated rings. The molecule has 14 N–H and O–H groups in total. The van der Waals surface area contributed by atoms with Crippen molar-refractivity contribution in [3.63, 3.8) is 0 Å². The van der Waals surface area contributed by atoms with Gasteiger partial charge >= 0.3 is 5.97 Å². The highest BCUT2D eigenvalue weighted by Gasteiger charge is 2.30. The van der Waals surface area contributed by atoms with Crippen LogP contribution < -0.4 is 44.6 Å². The van der Waals surface area contributed by atoms with Gasteiger partial charge < -0.3 is 49.7 Å². The first kappa shape index (κ1) is 32.7. The molecule has 0 rings (SSSR count). The Morgan fingerprint density at radius 1 is 0.639 bits per heavy atom. The predicted octanol–water partition coefficient (Wildman–Crippen LogP) is -3.75. The molecular weight excluding hydrogens is 476 g/mol. The third-order valence-corrected chi connectivity index (χ3v) is 5.22. The van der Waals surface area contributed by atoms with Crippen LogP contribution in [0.1, 0.15) is 57.8 Å². The lowest BCUT2D eigenvalue weighted by atomic mass is 10.0. The SMILES string of the molecule is NCCCCC(NC(=O)C(N)CCC(N)=O)C(=O)NC(CCCCN)C(=O)NC(CC(N)=O)C(=O)O. The molecule has 0 saturated heterocycles. The molecule has 0 aromatic heterocycles. The Morgan fingerprint density at radius 3 is 1.47 bits per heavy atom. The maximum absolute atomic E-state index is 13.0. The normalized spacial score (nSPS) is 14.1. The van der Waals surface area contributed by atoms with Gasteiger partial charge in [0.15, 0.2) is 0 Å². The van der Waals surface area contributed by atoms with Crippen LogP contribution in [-0.2, 0) is 28.8 Å². The zero-order valence-corrected chi connectivity index (χ0v) is 20.4. The smallest absolute Gasteiger partial charge is 0.326 e. The number of aliphatic carboxylic acids is 1. The fraction of sp³-hybridized carbons (Fsp3) is 0.714. The zero-order chi connectivity index (χ0) is 27.7. The van der Waals surface area contributed by atoms with Crippen molar-refractivity contribution in [2.24, 2.45) is 28.7 Å². The van der Waals surface area contributed by atoms with Crippen molar-refractivity contribution in [3.05, 3.63) is 0 Å². The molecule has 0 aliphatic rings. The molecule has 5 amide bonds. The molecule has 0 aliphatic carbocycles. The summed E-state index contributed by atoms with van der Waals surface area (Å²) in [6.07, 6.45) is 1.57. The summed E-state index contributed by atoms with van der Waals surface area (Å²) in [5.74, 6) is -5.23. The van der Waals surface area contributed by atoms with Gasteiger partial charge in [-0.15, -0.1) is 0 Å². The van der Waals surface area contributed by atoms with Gasteiger partial charge in [-0.3, -0.25) is 24.0 Å². The lowest BCUT2D eigenvalue weighted by Crippen LogP contribution is -2.57. The maximum atomic E-state index is 13.0. The van der Waals surface area contributed by atoms with E-state index in [2.05, 4.69) is 16.0 Å². The molecule has 0 radical (unpaired) electrons. The summed E-state index contributed by atoms with van der Waals surface area (Å²) in [6, 6.07) is -4.91. The molecule has 15 heteroatoms. The third-order valence-electron chi connectivity index (χ3n) is 5.22. The van der Waals surface area contributed by atoms with Crippen molar-refractivity contribution in [1.29, 1.82) is 0 Å². The van der Waals surface area contributed by atoms with E-state index in [9.17, 15) is 33.9 Å². The Balaban J connectivity index is 5.53. The van der Waals surface area contributed by atoms with Gasteiger partial charge in [0.2, 0.25) is 29.5 Å². The van der Waals surface area contributed by atoms with E-state index in [1.165, 1.54) is 0 Å². The Hall–Kier alpha value is -3.30. The molecule has 4 unspecified atom stereocenters. The van der Waals surface area contributed by atoms with Crippen molar-refractivity contribution in [2.75, 3.05) is 13.1 Å². The lowest BCUT2D eigenvalue weighted by Gasteiger charge is -2.25. The van der Waals surface area contributed by atoms with Crippen LogP contribution >= 0.6 is 0 Å². The number of hydrogen-bond donors (Lipinski definition) is 9. The van der Waals surface area contributed by atoms with E-state index in [1.54, 1.807) is 0 Å². The third kappa shape index (κ3) is 14.2. The summed E-state index contributed by atoms with van der Waals surface area (Å²) in [5.41, 5.74) is 26.9.